The van der Waals surface area contributed by atoms with E-state index in [-0.39, 0.29) is 11.8 Å². The molecule has 1 aromatic carbocycles. The average molecular weight is 285 g/mol. The van der Waals surface area contributed by atoms with E-state index in [1.165, 1.54) is 7.11 Å². The van der Waals surface area contributed by atoms with Crippen LogP contribution in [0.25, 0.3) is 0 Å². The van der Waals surface area contributed by atoms with Gasteiger partial charge in [0.25, 0.3) is 5.91 Å². The van der Waals surface area contributed by atoms with Crippen molar-refractivity contribution in [2.24, 2.45) is 5.16 Å². The average Bonchev–Trinajstić information content (AvgIpc) is 2.54. The Kier molecular flexibility index (Phi) is 4.50. The van der Waals surface area contributed by atoms with E-state index in [0.717, 1.165) is 5.56 Å². The van der Waals surface area contributed by atoms with Crippen LogP contribution in [0.1, 0.15) is 22.8 Å². The molecule has 0 radical (unpaired) electrons. The van der Waals surface area contributed by atoms with Crippen LogP contribution in [0.5, 0.6) is 5.88 Å². The maximum Gasteiger partial charge on any atom is 0.261 e. The molecule has 108 valence electrons. The van der Waals surface area contributed by atoms with Crippen molar-refractivity contribution in [3.63, 3.8) is 0 Å². The maximum absolute atomic E-state index is 12.2. The summed E-state index contributed by atoms with van der Waals surface area (Å²) in [7, 11) is 1.46. The van der Waals surface area contributed by atoms with Crippen molar-refractivity contribution >= 4 is 17.3 Å². The summed E-state index contributed by atoms with van der Waals surface area (Å²) in [6.07, 6.45) is 1.56. The minimum absolute atomic E-state index is 0.273. The lowest BCUT2D eigenvalue weighted by molar-refractivity contribution is 0.102. The van der Waals surface area contributed by atoms with E-state index >= 15 is 0 Å². The lowest BCUT2D eigenvalue weighted by Crippen LogP contribution is -2.13. The van der Waals surface area contributed by atoms with Crippen molar-refractivity contribution in [2.75, 3.05) is 12.4 Å². The van der Waals surface area contributed by atoms with E-state index in [4.69, 9.17) is 9.94 Å². The molecule has 2 aromatic rings. The number of hydrogen-bond donors (Lipinski definition) is 2. The minimum atomic E-state index is -0.305. The first kappa shape index (κ1) is 14.5. The zero-order valence-corrected chi connectivity index (χ0v) is 11.7. The molecule has 0 aliphatic rings. The number of oxime groups is 1. The number of ether oxygens (including phenoxy) is 1. The molecule has 0 atom stereocenters. The molecule has 0 aliphatic heterocycles. The molecule has 1 heterocycles. The smallest absolute Gasteiger partial charge is 0.261 e. The maximum atomic E-state index is 12.2. The number of aromatic nitrogens is 1. The summed E-state index contributed by atoms with van der Waals surface area (Å²) in [4.78, 5) is 16.2. The molecule has 1 aromatic heterocycles. The molecule has 2 rings (SSSR count). The fraction of sp³-hybridized carbons (Fsp3) is 0.133. The summed E-state index contributed by atoms with van der Waals surface area (Å²) in [5.41, 5.74) is 2.26. The van der Waals surface area contributed by atoms with E-state index in [9.17, 15) is 4.79 Å². The van der Waals surface area contributed by atoms with Crippen molar-refractivity contribution in [3.8, 4) is 5.88 Å². The molecule has 0 aliphatic carbocycles. The van der Waals surface area contributed by atoms with Gasteiger partial charge in [-0.25, -0.2) is 4.98 Å². The Labute approximate surface area is 122 Å². The predicted octanol–water partition coefficient (Wildman–Crippen LogP) is 2.54. The summed E-state index contributed by atoms with van der Waals surface area (Å²) >= 11 is 0. The Balaban J connectivity index is 2.16. The molecule has 0 saturated carbocycles. The van der Waals surface area contributed by atoms with Crippen LogP contribution in [0.15, 0.2) is 47.8 Å². The van der Waals surface area contributed by atoms with Gasteiger partial charge in [-0.3, -0.25) is 4.79 Å². The van der Waals surface area contributed by atoms with Gasteiger partial charge >= 0.3 is 0 Å². The van der Waals surface area contributed by atoms with E-state index in [1.54, 1.807) is 49.5 Å². The second-order valence-electron chi connectivity index (χ2n) is 4.28. The number of hydrogen-bond acceptors (Lipinski definition) is 5. The number of carbonyl (C=O) groups excluding carboxylic acids is 1. The second kappa shape index (κ2) is 6.51. The molecule has 21 heavy (non-hydrogen) atoms. The van der Waals surface area contributed by atoms with Gasteiger partial charge in [-0.2, -0.15) is 0 Å². The van der Waals surface area contributed by atoms with Crippen LogP contribution in [0, 0.1) is 0 Å². The minimum Gasteiger partial charge on any atom is -0.480 e. The summed E-state index contributed by atoms with van der Waals surface area (Å²) < 4.78 is 5.05. The Bertz CT molecular complexity index is 666. The van der Waals surface area contributed by atoms with Gasteiger partial charge in [0.15, 0.2) is 0 Å². The standard InChI is InChI=1S/C15H15N3O3/c1-10(18-20)11-5-7-12(8-6-11)17-14(19)13-4-3-9-16-15(13)21-2/h3-9,20H,1-2H3,(H,17,19). The Morgan fingerprint density at radius 3 is 2.62 bits per heavy atom. The van der Waals surface area contributed by atoms with E-state index in [1.807, 2.05) is 0 Å². The number of nitrogens with zero attached hydrogens (tertiary/aromatic N) is 2. The van der Waals surface area contributed by atoms with Gasteiger partial charge in [0.1, 0.15) is 5.56 Å². The van der Waals surface area contributed by atoms with Gasteiger partial charge in [-0.15, -0.1) is 0 Å². The number of carbonyl (C=O) groups is 1. The number of anilines is 1. The molecule has 6 heteroatoms. The van der Waals surface area contributed by atoms with E-state index < -0.39 is 0 Å². The van der Waals surface area contributed by atoms with Gasteiger partial charge in [0.05, 0.1) is 12.8 Å². The van der Waals surface area contributed by atoms with Gasteiger partial charge in [-0.1, -0.05) is 17.3 Å². The molecule has 2 N–H and O–H groups in total. The third kappa shape index (κ3) is 3.36. The summed E-state index contributed by atoms with van der Waals surface area (Å²) in [5.74, 6) is -0.0323. The van der Waals surface area contributed by atoms with Crippen molar-refractivity contribution in [1.82, 2.24) is 4.98 Å². The van der Waals surface area contributed by atoms with Crippen LogP contribution in [0.2, 0.25) is 0 Å². The first-order valence-electron chi connectivity index (χ1n) is 6.25. The van der Waals surface area contributed by atoms with Gasteiger partial charge in [0.2, 0.25) is 5.88 Å². The fourth-order valence-corrected chi connectivity index (χ4v) is 1.78. The largest absolute Gasteiger partial charge is 0.480 e. The highest BCUT2D eigenvalue weighted by atomic mass is 16.5. The van der Waals surface area contributed by atoms with Crippen molar-refractivity contribution < 1.29 is 14.7 Å². The number of nitrogens with one attached hydrogen (secondary N) is 1. The monoisotopic (exact) mass is 285 g/mol. The third-order valence-electron chi connectivity index (χ3n) is 2.92. The van der Waals surface area contributed by atoms with Crippen molar-refractivity contribution in [2.45, 2.75) is 6.92 Å². The first-order chi connectivity index (χ1) is 10.2. The Morgan fingerprint density at radius 1 is 1.29 bits per heavy atom. The van der Waals surface area contributed by atoms with Gasteiger partial charge in [-0.05, 0) is 36.8 Å². The van der Waals surface area contributed by atoms with Gasteiger partial charge in [0, 0.05) is 11.9 Å². The van der Waals surface area contributed by atoms with Crippen molar-refractivity contribution in [1.29, 1.82) is 0 Å². The summed E-state index contributed by atoms with van der Waals surface area (Å²) in [5, 5.41) is 14.6. The summed E-state index contributed by atoms with van der Waals surface area (Å²) in [6, 6.07) is 10.3. The van der Waals surface area contributed by atoms with Crippen LogP contribution in [0.4, 0.5) is 5.69 Å². The third-order valence-corrected chi connectivity index (χ3v) is 2.92. The molecule has 0 saturated heterocycles. The van der Waals surface area contributed by atoms with Crippen LogP contribution in [-0.2, 0) is 0 Å². The highest BCUT2D eigenvalue weighted by Gasteiger charge is 2.12. The summed E-state index contributed by atoms with van der Waals surface area (Å²) in [6.45, 7) is 1.69. The highest BCUT2D eigenvalue weighted by molar-refractivity contribution is 6.06. The number of amides is 1. The van der Waals surface area contributed by atoms with E-state index in [0.29, 0.717) is 17.0 Å². The Hall–Kier alpha value is -2.89. The molecule has 6 nitrogen and oxygen atoms in total. The topological polar surface area (TPSA) is 83.8 Å². The first-order valence-corrected chi connectivity index (χ1v) is 6.25. The number of pyridine rings is 1. The number of methoxy groups -OCH3 is 1. The van der Waals surface area contributed by atoms with Crippen LogP contribution in [-0.4, -0.2) is 28.9 Å². The van der Waals surface area contributed by atoms with Gasteiger partial charge < -0.3 is 15.3 Å². The molecular formula is C15H15N3O3. The quantitative estimate of drug-likeness (QED) is 0.513. The molecule has 0 fully saturated rings. The highest BCUT2D eigenvalue weighted by Crippen LogP contribution is 2.17. The number of benzene rings is 1. The molecule has 0 bridgehead atoms. The van der Waals surface area contributed by atoms with Crippen molar-refractivity contribution in [3.05, 3.63) is 53.7 Å². The number of rotatable bonds is 4. The molecule has 0 unspecified atom stereocenters. The normalized spacial score (nSPS) is 11.0. The molecule has 0 spiro atoms. The fourth-order valence-electron chi connectivity index (χ4n) is 1.78. The lowest BCUT2D eigenvalue weighted by atomic mass is 10.1. The SMILES string of the molecule is COc1ncccc1C(=O)Nc1ccc(C(C)=NO)cc1. The van der Waals surface area contributed by atoms with Crippen LogP contribution < -0.4 is 10.1 Å². The van der Waals surface area contributed by atoms with Crippen LogP contribution >= 0.6 is 0 Å². The van der Waals surface area contributed by atoms with E-state index in [2.05, 4.69) is 15.5 Å². The molecular weight excluding hydrogens is 270 g/mol. The zero-order valence-electron chi connectivity index (χ0n) is 11.7. The lowest BCUT2D eigenvalue weighted by Gasteiger charge is -2.08. The Morgan fingerprint density at radius 2 is 2.00 bits per heavy atom. The molecule has 1 amide bonds. The van der Waals surface area contributed by atoms with Crippen LogP contribution in [0.3, 0.4) is 0 Å². The second-order valence-corrected chi connectivity index (χ2v) is 4.28. The zero-order chi connectivity index (χ0) is 15.2. The predicted molar refractivity (Wildman–Crippen MR) is 79.2 cm³/mol.